The highest BCUT2D eigenvalue weighted by Crippen LogP contribution is 2.23. The molecule has 0 amide bonds. The maximum Gasteiger partial charge on any atom is 0.229 e. The van der Waals surface area contributed by atoms with E-state index < -0.39 is 0 Å². The van der Waals surface area contributed by atoms with Gasteiger partial charge in [0.25, 0.3) is 0 Å². The van der Waals surface area contributed by atoms with Crippen LogP contribution in [0.5, 0.6) is 0 Å². The Labute approximate surface area is 106 Å². The van der Waals surface area contributed by atoms with Crippen molar-refractivity contribution in [3.8, 4) is 0 Å². The lowest BCUT2D eigenvalue weighted by molar-refractivity contribution is 0.904. The summed E-state index contributed by atoms with van der Waals surface area (Å²) in [6.45, 7) is 1.92. The zero-order valence-electron chi connectivity index (χ0n) is 8.72. The summed E-state index contributed by atoms with van der Waals surface area (Å²) in [5.41, 5.74) is 17.0. The molecule has 0 bridgehead atoms. The van der Waals surface area contributed by atoms with Crippen LogP contribution in [0.15, 0.2) is 0 Å². The first kappa shape index (κ1) is 14.9. The number of aromatic nitrogens is 2. The van der Waals surface area contributed by atoms with E-state index in [4.69, 9.17) is 17.2 Å². The zero-order valence-corrected chi connectivity index (χ0v) is 10.4. The number of nitrogens with zero attached hydrogens (tertiary/aromatic N) is 3. The Morgan fingerprint density at radius 2 is 1.31 bits per heavy atom. The van der Waals surface area contributed by atoms with Gasteiger partial charge in [-0.15, -0.1) is 24.8 Å². The molecule has 1 saturated heterocycles. The predicted octanol–water partition coefficient (Wildman–Crippen LogP) is 0.667. The molecule has 16 heavy (non-hydrogen) atoms. The molecule has 0 unspecified atom stereocenters. The molecule has 1 aromatic rings. The Bertz CT molecular complexity index is 329. The molecule has 8 heteroatoms. The minimum Gasteiger partial charge on any atom is -0.393 e. The average Bonchev–Trinajstić information content (AvgIpc) is 2.66. The number of nitrogen functional groups attached to an aromatic ring is 3. The lowest BCUT2D eigenvalue weighted by atomic mass is 10.4. The van der Waals surface area contributed by atoms with Crippen LogP contribution in [0, 0.1) is 0 Å². The van der Waals surface area contributed by atoms with Crippen molar-refractivity contribution >= 4 is 48.1 Å². The van der Waals surface area contributed by atoms with Gasteiger partial charge in [-0.05, 0) is 12.8 Å². The largest absolute Gasteiger partial charge is 0.393 e. The van der Waals surface area contributed by atoms with Gasteiger partial charge in [0.2, 0.25) is 5.95 Å². The molecule has 1 aliphatic heterocycles. The molecule has 0 atom stereocenters. The Hall–Kier alpha value is -1.14. The second-order valence-corrected chi connectivity index (χ2v) is 3.40. The van der Waals surface area contributed by atoms with Crippen LogP contribution in [0.3, 0.4) is 0 Å². The van der Waals surface area contributed by atoms with Crippen molar-refractivity contribution in [1.82, 2.24) is 9.97 Å². The maximum absolute atomic E-state index is 5.61. The summed E-state index contributed by atoms with van der Waals surface area (Å²) in [4.78, 5) is 10.3. The SMILES string of the molecule is Cl.Cl.Nc1nc(N2CCCC2)nc(N)c1N. The molecule has 0 spiro atoms. The third-order valence-electron chi connectivity index (χ3n) is 2.38. The maximum atomic E-state index is 5.61. The third-order valence-corrected chi connectivity index (χ3v) is 2.38. The van der Waals surface area contributed by atoms with E-state index in [1.54, 1.807) is 0 Å². The van der Waals surface area contributed by atoms with Gasteiger partial charge in [-0.25, -0.2) is 0 Å². The fourth-order valence-electron chi connectivity index (χ4n) is 1.55. The first-order valence-corrected chi connectivity index (χ1v) is 4.62. The van der Waals surface area contributed by atoms with Crippen LogP contribution in [-0.2, 0) is 0 Å². The van der Waals surface area contributed by atoms with Gasteiger partial charge in [0, 0.05) is 13.1 Å². The van der Waals surface area contributed by atoms with Gasteiger partial charge in [-0.3, -0.25) is 0 Å². The van der Waals surface area contributed by atoms with Gasteiger partial charge in [0.1, 0.15) is 5.69 Å². The summed E-state index contributed by atoms with van der Waals surface area (Å²) in [7, 11) is 0. The summed E-state index contributed by atoms with van der Waals surface area (Å²) in [5, 5.41) is 0. The van der Waals surface area contributed by atoms with Crippen LogP contribution < -0.4 is 22.1 Å². The lowest BCUT2D eigenvalue weighted by Crippen LogP contribution is -2.22. The Balaban J connectivity index is 0.00000112. The molecule has 6 nitrogen and oxygen atoms in total. The van der Waals surface area contributed by atoms with Gasteiger partial charge in [-0.1, -0.05) is 0 Å². The highest BCUT2D eigenvalue weighted by molar-refractivity contribution is 5.85. The second-order valence-electron chi connectivity index (χ2n) is 3.40. The van der Waals surface area contributed by atoms with E-state index in [9.17, 15) is 0 Å². The topological polar surface area (TPSA) is 107 Å². The quantitative estimate of drug-likeness (QED) is 0.690. The highest BCUT2D eigenvalue weighted by Gasteiger charge is 2.17. The Morgan fingerprint density at radius 1 is 0.875 bits per heavy atom. The molecule has 1 fully saturated rings. The molecule has 2 heterocycles. The van der Waals surface area contributed by atoms with Gasteiger partial charge < -0.3 is 22.1 Å². The minimum absolute atomic E-state index is 0. The van der Waals surface area contributed by atoms with Gasteiger partial charge in [0.15, 0.2) is 11.6 Å². The van der Waals surface area contributed by atoms with Crippen molar-refractivity contribution in [2.24, 2.45) is 0 Å². The van der Waals surface area contributed by atoms with Gasteiger partial charge >= 0.3 is 0 Å². The number of nitrogens with two attached hydrogens (primary N) is 3. The number of hydrogen-bond acceptors (Lipinski definition) is 6. The minimum atomic E-state index is 0. The first-order valence-electron chi connectivity index (χ1n) is 4.62. The molecular weight excluding hydrogens is 251 g/mol. The summed E-state index contributed by atoms with van der Waals surface area (Å²) in [5.74, 6) is 1.12. The van der Waals surface area contributed by atoms with Crippen molar-refractivity contribution in [1.29, 1.82) is 0 Å². The van der Waals surface area contributed by atoms with E-state index in [0.717, 1.165) is 25.9 Å². The number of anilines is 4. The molecular formula is C8H16Cl2N6. The molecule has 0 aromatic carbocycles. The summed E-state index contributed by atoms with van der Waals surface area (Å²) in [6, 6.07) is 0. The molecule has 0 aliphatic carbocycles. The number of rotatable bonds is 1. The molecule has 0 saturated carbocycles. The summed E-state index contributed by atoms with van der Waals surface area (Å²) in [6.07, 6.45) is 2.32. The van der Waals surface area contributed by atoms with Crippen molar-refractivity contribution in [3.05, 3.63) is 0 Å². The molecule has 6 N–H and O–H groups in total. The molecule has 1 aromatic heterocycles. The van der Waals surface area contributed by atoms with Crippen LogP contribution in [0.4, 0.5) is 23.3 Å². The molecule has 2 rings (SSSR count). The third kappa shape index (κ3) is 2.70. The van der Waals surface area contributed by atoms with Crippen molar-refractivity contribution in [2.45, 2.75) is 12.8 Å². The molecule has 1 aliphatic rings. The van der Waals surface area contributed by atoms with Crippen molar-refractivity contribution in [3.63, 3.8) is 0 Å². The molecule has 0 radical (unpaired) electrons. The smallest absolute Gasteiger partial charge is 0.229 e. The predicted molar refractivity (Wildman–Crippen MR) is 71.2 cm³/mol. The average molecular weight is 267 g/mol. The fourth-order valence-corrected chi connectivity index (χ4v) is 1.55. The zero-order chi connectivity index (χ0) is 10.1. The van der Waals surface area contributed by atoms with Crippen molar-refractivity contribution < 1.29 is 0 Å². The summed E-state index contributed by atoms with van der Waals surface area (Å²) >= 11 is 0. The van der Waals surface area contributed by atoms with Crippen LogP contribution in [-0.4, -0.2) is 23.1 Å². The number of hydrogen-bond donors (Lipinski definition) is 3. The van der Waals surface area contributed by atoms with Crippen LogP contribution >= 0.6 is 24.8 Å². The fraction of sp³-hybridized carbons (Fsp3) is 0.500. The Morgan fingerprint density at radius 3 is 1.75 bits per heavy atom. The highest BCUT2D eigenvalue weighted by atomic mass is 35.5. The van der Waals surface area contributed by atoms with E-state index in [1.807, 2.05) is 0 Å². The van der Waals surface area contributed by atoms with E-state index in [-0.39, 0.29) is 42.1 Å². The normalized spacial score (nSPS) is 14.1. The van der Waals surface area contributed by atoms with E-state index in [0.29, 0.717) is 5.95 Å². The molecule has 92 valence electrons. The van der Waals surface area contributed by atoms with E-state index >= 15 is 0 Å². The van der Waals surface area contributed by atoms with Crippen molar-refractivity contribution in [2.75, 3.05) is 35.2 Å². The Kier molecular flexibility index (Phi) is 5.40. The number of halogens is 2. The first-order chi connectivity index (χ1) is 6.68. The van der Waals surface area contributed by atoms with Crippen LogP contribution in [0.25, 0.3) is 0 Å². The van der Waals surface area contributed by atoms with Crippen LogP contribution in [0.1, 0.15) is 12.8 Å². The standard InChI is InChI=1S/C8H14N6.2ClH/c9-5-6(10)12-8(13-7(5)11)14-3-1-2-4-14;;/h1-4,9H2,(H4,10,11,12,13);2*1H. The van der Waals surface area contributed by atoms with E-state index in [1.165, 1.54) is 0 Å². The second kappa shape index (κ2) is 5.81. The lowest BCUT2D eigenvalue weighted by Gasteiger charge is -2.16. The van der Waals surface area contributed by atoms with Gasteiger partial charge in [-0.2, -0.15) is 9.97 Å². The monoisotopic (exact) mass is 266 g/mol. The van der Waals surface area contributed by atoms with Crippen LogP contribution in [0.2, 0.25) is 0 Å². The van der Waals surface area contributed by atoms with E-state index in [2.05, 4.69) is 14.9 Å². The summed E-state index contributed by atoms with van der Waals surface area (Å²) < 4.78 is 0. The van der Waals surface area contributed by atoms with Gasteiger partial charge in [0.05, 0.1) is 0 Å².